The van der Waals surface area contributed by atoms with E-state index in [0.29, 0.717) is 0 Å². The summed E-state index contributed by atoms with van der Waals surface area (Å²) in [5.41, 5.74) is 1.90. The average Bonchev–Trinajstić information content (AvgIpc) is 2.25. The van der Waals surface area contributed by atoms with Gasteiger partial charge in [0, 0.05) is 6.26 Å². The molecule has 0 aliphatic rings. The van der Waals surface area contributed by atoms with Crippen molar-refractivity contribution in [3.05, 3.63) is 40.3 Å². The van der Waals surface area contributed by atoms with Gasteiger partial charge in [-0.3, -0.25) is 0 Å². The monoisotopic (exact) mass is 235 g/mol. The number of hydrogen-bond acceptors (Lipinski definition) is 3. The van der Waals surface area contributed by atoms with Gasteiger partial charge in [0.2, 0.25) is 0 Å². The lowest BCUT2D eigenvalue weighted by Gasteiger charge is -1.98. The lowest BCUT2D eigenvalue weighted by molar-refractivity contribution is 0.609. The molecule has 1 aromatic rings. The summed E-state index contributed by atoms with van der Waals surface area (Å²) in [4.78, 5) is -0.211. The van der Waals surface area contributed by atoms with Gasteiger partial charge in [-0.15, -0.1) is 0 Å². The van der Waals surface area contributed by atoms with Crippen LogP contribution in [0.1, 0.15) is 18.1 Å². The van der Waals surface area contributed by atoms with E-state index in [1.165, 1.54) is 11.6 Å². The molecule has 0 spiro atoms. The molecule has 0 fully saturated rings. The van der Waals surface area contributed by atoms with Crippen molar-refractivity contribution in [3.8, 4) is 6.07 Å². The fourth-order valence-electron chi connectivity index (χ4n) is 1.22. The van der Waals surface area contributed by atoms with Crippen molar-refractivity contribution in [1.82, 2.24) is 0 Å². The number of nitrogens with zero attached hydrogens (tertiary/aromatic N) is 1. The number of sulfone groups is 1. The predicted molar refractivity (Wildman–Crippen MR) is 64.3 cm³/mol. The van der Waals surface area contributed by atoms with Crippen molar-refractivity contribution in [3.63, 3.8) is 0 Å². The van der Waals surface area contributed by atoms with Gasteiger partial charge in [0.15, 0.2) is 9.84 Å². The van der Waals surface area contributed by atoms with E-state index in [0.717, 1.165) is 18.2 Å². The number of nitriles is 1. The van der Waals surface area contributed by atoms with Crippen molar-refractivity contribution in [2.75, 3.05) is 6.26 Å². The van der Waals surface area contributed by atoms with Gasteiger partial charge >= 0.3 is 0 Å². The molecule has 16 heavy (non-hydrogen) atoms. The first kappa shape index (κ1) is 12.5. The highest BCUT2D eigenvalue weighted by Crippen LogP contribution is 2.12. The Morgan fingerprint density at radius 3 is 2.31 bits per heavy atom. The molecule has 4 heteroatoms. The second-order valence-electron chi connectivity index (χ2n) is 3.49. The zero-order valence-corrected chi connectivity index (χ0v) is 10.1. The fraction of sp³-hybridized carbons (Fsp3) is 0.250. The standard InChI is InChI=1S/C12H13NO2S/c1-3-10-4-6-11(7-5-10)8-12(9-13)16(2,14)15/h4-8H,3H2,1-2H3. The van der Waals surface area contributed by atoms with Gasteiger partial charge in [0.1, 0.15) is 11.0 Å². The highest BCUT2D eigenvalue weighted by atomic mass is 32.2. The van der Waals surface area contributed by atoms with Gasteiger partial charge in [0.05, 0.1) is 0 Å². The van der Waals surface area contributed by atoms with Gasteiger partial charge < -0.3 is 0 Å². The molecule has 0 radical (unpaired) electrons. The van der Waals surface area contributed by atoms with Crippen molar-refractivity contribution >= 4 is 15.9 Å². The molecule has 0 unspecified atom stereocenters. The molecule has 3 nitrogen and oxygen atoms in total. The molecular weight excluding hydrogens is 222 g/mol. The van der Waals surface area contributed by atoms with Crippen LogP contribution < -0.4 is 0 Å². The minimum atomic E-state index is -3.43. The van der Waals surface area contributed by atoms with Crippen LogP contribution in [0.25, 0.3) is 6.08 Å². The summed E-state index contributed by atoms with van der Waals surface area (Å²) in [6.45, 7) is 2.04. The van der Waals surface area contributed by atoms with Crippen LogP contribution >= 0.6 is 0 Å². The van der Waals surface area contributed by atoms with E-state index in [9.17, 15) is 8.42 Å². The Hall–Kier alpha value is -1.60. The van der Waals surface area contributed by atoms with E-state index >= 15 is 0 Å². The Labute approximate surface area is 95.9 Å². The van der Waals surface area contributed by atoms with E-state index in [-0.39, 0.29) is 4.91 Å². The van der Waals surface area contributed by atoms with Crippen LogP contribution in [-0.4, -0.2) is 14.7 Å². The molecule has 1 aromatic carbocycles. The Morgan fingerprint density at radius 2 is 1.94 bits per heavy atom. The summed E-state index contributed by atoms with van der Waals surface area (Å²) in [6, 6.07) is 9.15. The molecule has 0 aliphatic heterocycles. The first-order valence-electron chi connectivity index (χ1n) is 4.88. The van der Waals surface area contributed by atoms with Gasteiger partial charge in [0.25, 0.3) is 0 Å². The second-order valence-corrected chi connectivity index (χ2v) is 5.47. The van der Waals surface area contributed by atoms with Crippen molar-refractivity contribution < 1.29 is 8.42 Å². The van der Waals surface area contributed by atoms with Crippen LogP contribution in [0.15, 0.2) is 29.2 Å². The van der Waals surface area contributed by atoms with Gasteiger partial charge in [-0.2, -0.15) is 5.26 Å². The molecule has 0 bridgehead atoms. The highest BCUT2D eigenvalue weighted by molar-refractivity contribution is 7.95. The second kappa shape index (κ2) is 4.95. The van der Waals surface area contributed by atoms with Crippen LogP contribution in [-0.2, 0) is 16.3 Å². The quantitative estimate of drug-likeness (QED) is 0.754. The number of benzene rings is 1. The molecule has 0 amide bonds. The van der Waals surface area contributed by atoms with Crippen molar-refractivity contribution in [1.29, 1.82) is 5.26 Å². The molecule has 0 atom stereocenters. The van der Waals surface area contributed by atoms with E-state index in [4.69, 9.17) is 5.26 Å². The predicted octanol–water partition coefficient (Wildman–Crippen LogP) is 2.16. The molecule has 0 N–H and O–H groups in total. The summed E-state index contributed by atoms with van der Waals surface area (Å²) < 4.78 is 22.4. The minimum Gasteiger partial charge on any atom is -0.223 e. The number of rotatable bonds is 3. The number of allylic oxidation sites excluding steroid dienone is 1. The zero-order valence-electron chi connectivity index (χ0n) is 9.27. The van der Waals surface area contributed by atoms with E-state index in [1.807, 2.05) is 19.1 Å². The zero-order chi connectivity index (χ0) is 12.2. The Balaban J connectivity index is 3.12. The molecule has 84 valence electrons. The summed E-state index contributed by atoms with van der Waals surface area (Å²) in [6.07, 6.45) is 3.35. The van der Waals surface area contributed by atoms with Gasteiger partial charge in [-0.05, 0) is 23.6 Å². The third-order valence-corrected chi connectivity index (χ3v) is 3.20. The summed E-state index contributed by atoms with van der Waals surface area (Å²) in [7, 11) is -3.43. The molecular formula is C12H13NO2S. The van der Waals surface area contributed by atoms with Crippen LogP contribution in [0.3, 0.4) is 0 Å². The smallest absolute Gasteiger partial charge is 0.185 e. The Morgan fingerprint density at radius 1 is 1.38 bits per heavy atom. The maximum absolute atomic E-state index is 11.2. The molecule has 0 aromatic heterocycles. The molecule has 1 rings (SSSR count). The SMILES string of the molecule is CCc1ccc(C=C(C#N)S(C)(=O)=O)cc1. The first-order chi connectivity index (χ1) is 7.47. The number of aryl methyl sites for hydroxylation is 1. The van der Waals surface area contributed by atoms with Crippen LogP contribution in [0.2, 0.25) is 0 Å². The lowest BCUT2D eigenvalue weighted by atomic mass is 10.1. The maximum Gasteiger partial charge on any atom is 0.185 e. The lowest BCUT2D eigenvalue weighted by Crippen LogP contribution is -1.98. The molecule has 0 saturated carbocycles. The minimum absolute atomic E-state index is 0.211. The number of hydrogen-bond donors (Lipinski definition) is 0. The third-order valence-electron chi connectivity index (χ3n) is 2.20. The van der Waals surface area contributed by atoms with Crippen molar-refractivity contribution in [2.24, 2.45) is 0 Å². The largest absolute Gasteiger partial charge is 0.223 e. The summed E-state index contributed by atoms with van der Waals surface area (Å²) in [5.74, 6) is 0. The van der Waals surface area contributed by atoms with E-state index < -0.39 is 9.84 Å². The van der Waals surface area contributed by atoms with E-state index in [2.05, 4.69) is 0 Å². The third kappa shape index (κ3) is 3.21. The fourth-order valence-corrected chi connectivity index (χ4v) is 1.74. The Bertz CT molecular complexity index is 533. The van der Waals surface area contributed by atoms with Crippen LogP contribution in [0.4, 0.5) is 0 Å². The van der Waals surface area contributed by atoms with Crippen LogP contribution in [0, 0.1) is 11.3 Å². The average molecular weight is 235 g/mol. The van der Waals surface area contributed by atoms with Gasteiger partial charge in [-0.1, -0.05) is 31.2 Å². The molecule has 0 aliphatic carbocycles. The first-order valence-corrected chi connectivity index (χ1v) is 6.77. The highest BCUT2D eigenvalue weighted by Gasteiger charge is 2.09. The van der Waals surface area contributed by atoms with Crippen molar-refractivity contribution in [2.45, 2.75) is 13.3 Å². The van der Waals surface area contributed by atoms with Crippen LogP contribution in [0.5, 0.6) is 0 Å². The Kier molecular flexibility index (Phi) is 3.86. The summed E-state index contributed by atoms with van der Waals surface area (Å²) in [5, 5.41) is 8.73. The normalized spacial score (nSPS) is 12.2. The maximum atomic E-state index is 11.2. The van der Waals surface area contributed by atoms with Gasteiger partial charge in [-0.25, -0.2) is 8.42 Å². The van der Waals surface area contributed by atoms with E-state index in [1.54, 1.807) is 18.2 Å². The summed E-state index contributed by atoms with van der Waals surface area (Å²) >= 11 is 0. The topological polar surface area (TPSA) is 57.9 Å². The molecule has 0 saturated heterocycles. The molecule has 0 heterocycles.